The Kier molecular flexibility index (Phi) is 5.70. The van der Waals surface area contributed by atoms with Gasteiger partial charge in [0.1, 0.15) is 12.4 Å². The smallest absolute Gasteiger partial charge is 0.278 e. The number of amides is 1. The molecular weight excluding hydrogens is 421 g/mol. The number of carbonyl (C=O) groups is 1. The molecule has 0 aliphatic carbocycles. The highest BCUT2D eigenvalue weighted by Crippen LogP contribution is 2.34. The quantitative estimate of drug-likeness (QED) is 0.566. The van der Waals surface area contributed by atoms with Gasteiger partial charge in [-0.05, 0) is 18.2 Å². The van der Waals surface area contributed by atoms with E-state index >= 15 is 0 Å². The molecule has 11 heteroatoms. The molecular formula is C22H24BN7O3. The summed E-state index contributed by atoms with van der Waals surface area (Å²) in [6, 6.07) is 7.69. The van der Waals surface area contributed by atoms with Crippen LogP contribution in [-0.2, 0) is 4.74 Å². The van der Waals surface area contributed by atoms with Crippen LogP contribution >= 0.6 is 0 Å². The van der Waals surface area contributed by atoms with Crippen LogP contribution in [0, 0.1) is 0 Å². The molecule has 3 aromatic rings. The first-order valence-corrected chi connectivity index (χ1v) is 10.8. The van der Waals surface area contributed by atoms with Crippen LogP contribution in [0.4, 0.5) is 22.9 Å². The van der Waals surface area contributed by atoms with Gasteiger partial charge in [0.05, 0.1) is 48.4 Å². The van der Waals surface area contributed by atoms with Gasteiger partial charge in [-0.1, -0.05) is 6.07 Å². The second-order valence-corrected chi connectivity index (χ2v) is 7.89. The van der Waals surface area contributed by atoms with Crippen LogP contribution in [0.5, 0.6) is 5.75 Å². The van der Waals surface area contributed by atoms with Gasteiger partial charge in [0, 0.05) is 31.4 Å². The first-order chi connectivity index (χ1) is 16.1. The summed E-state index contributed by atoms with van der Waals surface area (Å²) in [5, 5.41) is 2.90. The third-order valence-corrected chi connectivity index (χ3v) is 5.76. The highest BCUT2D eigenvalue weighted by atomic mass is 16.5. The monoisotopic (exact) mass is 445 g/mol. The summed E-state index contributed by atoms with van der Waals surface area (Å²) in [5.74, 6) is 0.386. The van der Waals surface area contributed by atoms with Gasteiger partial charge in [0.15, 0.2) is 11.5 Å². The average molecular weight is 445 g/mol. The molecule has 0 unspecified atom stereocenters. The maximum absolute atomic E-state index is 13.1. The van der Waals surface area contributed by atoms with Gasteiger partial charge in [-0.3, -0.25) is 9.78 Å². The summed E-state index contributed by atoms with van der Waals surface area (Å²) >= 11 is 0. The van der Waals surface area contributed by atoms with Crippen LogP contribution in [0.25, 0.3) is 11.3 Å². The number of ether oxygens (including phenoxy) is 2. The van der Waals surface area contributed by atoms with Crippen LogP contribution in [0.15, 0.2) is 42.9 Å². The first kappa shape index (κ1) is 21.0. The number of nitrogens with two attached hydrogens (primary N) is 1. The Morgan fingerprint density at radius 3 is 2.79 bits per heavy atom. The van der Waals surface area contributed by atoms with Crippen LogP contribution in [0.3, 0.4) is 0 Å². The molecule has 4 heterocycles. The van der Waals surface area contributed by atoms with E-state index in [2.05, 4.69) is 30.0 Å². The predicted molar refractivity (Wildman–Crippen MR) is 128 cm³/mol. The molecule has 2 aromatic heterocycles. The number of hydrogen-bond acceptors (Lipinski definition) is 9. The Hall–Kier alpha value is -3.86. The molecule has 2 aliphatic heterocycles. The summed E-state index contributed by atoms with van der Waals surface area (Å²) in [7, 11) is 2.02. The second-order valence-electron chi connectivity index (χ2n) is 7.89. The van der Waals surface area contributed by atoms with E-state index in [1.54, 1.807) is 18.6 Å². The number of hydrogen-bond donors (Lipinski definition) is 2. The van der Waals surface area contributed by atoms with E-state index in [-0.39, 0.29) is 11.5 Å². The molecule has 1 amide bonds. The number of fused-ring (bicyclic) bond motifs is 1. The minimum absolute atomic E-state index is 0.0556. The molecule has 33 heavy (non-hydrogen) atoms. The zero-order chi connectivity index (χ0) is 22.8. The minimum Gasteiger partial charge on any atom is -0.490 e. The van der Waals surface area contributed by atoms with Crippen LogP contribution in [0.1, 0.15) is 10.5 Å². The third-order valence-electron chi connectivity index (χ3n) is 5.76. The number of anilines is 4. The number of rotatable bonds is 4. The van der Waals surface area contributed by atoms with Crippen molar-refractivity contribution in [2.75, 3.05) is 60.2 Å². The molecule has 1 saturated heterocycles. The van der Waals surface area contributed by atoms with E-state index < -0.39 is 5.91 Å². The molecule has 5 rings (SSSR count). The number of benzene rings is 1. The number of nitrogens with one attached hydrogen (secondary N) is 1. The largest absolute Gasteiger partial charge is 0.490 e. The molecule has 0 bridgehead atoms. The number of morpholine rings is 1. The van der Waals surface area contributed by atoms with Gasteiger partial charge in [0.2, 0.25) is 7.98 Å². The number of aromatic nitrogens is 3. The molecule has 0 saturated carbocycles. The fourth-order valence-electron chi connectivity index (χ4n) is 3.97. The van der Waals surface area contributed by atoms with E-state index in [9.17, 15) is 4.79 Å². The van der Waals surface area contributed by atoms with Crippen LogP contribution in [0.2, 0.25) is 0 Å². The van der Waals surface area contributed by atoms with E-state index in [0.717, 1.165) is 42.3 Å². The summed E-state index contributed by atoms with van der Waals surface area (Å²) in [6.45, 7) is 4.19. The van der Waals surface area contributed by atoms with Gasteiger partial charge in [-0.2, -0.15) is 0 Å². The van der Waals surface area contributed by atoms with Gasteiger partial charge >= 0.3 is 0 Å². The fraction of sp³-hybridized carbons (Fsp3) is 0.273. The zero-order valence-electron chi connectivity index (χ0n) is 18.3. The van der Waals surface area contributed by atoms with Crippen molar-refractivity contribution in [3.8, 4) is 17.0 Å². The molecule has 1 fully saturated rings. The summed E-state index contributed by atoms with van der Waals surface area (Å²) in [4.78, 5) is 30.3. The fourth-order valence-corrected chi connectivity index (χ4v) is 3.97. The highest BCUT2D eigenvalue weighted by molar-refractivity contribution is 6.18. The number of nitrogens with zero attached hydrogens (tertiary/aromatic N) is 5. The van der Waals surface area contributed by atoms with E-state index in [1.165, 1.54) is 0 Å². The first-order valence-electron chi connectivity index (χ1n) is 10.8. The van der Waals surface area contributed by atoms with Crippen molar-refractivity contribution in [1.82, 2.24) is 15.0 Å². The van der Waals surface area contributed by atoms with Crippen LogP contribution < -0.4 is 25.5 Å². The maximum Gasteiger partial charge on any atom is 0.278 e. The van der Waals surface area contributed by atoms with Gasteiger partial charge in [-0.15, -0.1) is 0 Å². The van der Waals surface area contributed by atoms with Crippen molar-refractivity contribution in [3.05, 3.63) is 48.5 Å². The Morgan fingerprint density at radius 1 is 1.09 bits per heavy atom. The second kappa shape index (κ2) is 8.95. The lowest BCUT2D eigenvalue weighted by atomic mass is 10.1. The van der Waals surface area contributed by atoms with E-state index in [4.69, 9.17) is 15.2 Å². The molecule has 1 aromatic carbocycles. The molecule has 0 atom stereocenters. The normalized spacial score (nSPS) is 15.5. The standard InChI is InChI=1S/C22H24BN7O3/c23-30-7-10-33-19-11-14(1-2-18(19)30)15-13-26-21(24)20(27-15)22(31)28-16-12-25-4-3-17(16)29-5-8-32-9-6-29/h1-4,11-13H,5-10,23H2,(H2,24,26)(H,28,31). The topological polar surface area (TPSA) is 119 Å². The van der Waals surface area contributed by atoms with Gasteiger partial charge < -0.3 is 30.2 Å². The number of nitrogen functional groups attached to an aromatic ring is 1. The number of pyridine rings is 1. The minimum atomic E-state index is -0.446. The Bertz CT molecular complexity index is 1190. The van der Waals surface area contributed by atoms with E-state index in [1.807, 2.05) is 32.2 Å². The van der Waals surface area contributed by atoms with E-state index in [0.29, 0.717) is 31.2 Å². The predicted octanol–water partition coefficient (Wildman–Crippen LogP) is 0.957. The zero-order valence-corrected chi connectivity index (χ0v) is 18.3. The lowest BCUT2D eigenvalue weighted by Gasteiger charge is -2.30. The Morgan fingerprint density at radius 2 is 1.94 bits per heavy atom. The Balaban J connectivity index is 1.42. The van der Waals surface area contributed by atoms with Crippen LogP contribution in [-0.4, -0.2) is 68.3 Å². The molecule has 168 valence electrons. The molecule has 0 radical (unpaired) electrons. The molecule has 2 aliphatic rings. The number of carbonyl (C=O) groups excluding carboxylic acids is 1. The third kappa shape index (κ3) is 4.27. The highest BCUT2D eigenvalue weighted by Gasteiger charge is 2.21. The van der Waals surface area contributed by atoms with Crippen molar-refractivity contribution in [1.29, 1.82) is 0 Å². The molecule has 10 nitrogen and oxygen atoms in total. The van der Waals surface area contributed by atoms with Gasteiger partial charge in [-0.25, -0.2) is 9.97 Å². The van der Waals surface area contributed by atoms with Crippen molar-refractivity contribution in [2.45, 2.75) is 0 Å². The van der Waals surface area contributed by atoms with Crippen molar-refractivity contribution >= 4 is 36.8 Å². The summed E-state index contributed by atoms with van der Waals surface area (Å²) < 4.78 is 11.2. The lowest BCUT2D eigenvalue weighted by Crippen LogP contribution is -2.36. The van der Waals surface area contributed by atoms with Crippen molar-refractivity contribution < 1.29 is 14.3 Å². The summed E-state index contributed by atoms with van der Waals surface area (Å²) in [6.07, 6.45) is 4.88. The lowest BCUT2D eigenvalue weighted by molar-refractivity contribution is 0.102. The summed E-state index contributed by atoms with van der Waals surface area (Å²) in [5.41, 5.74) is 9.88. The van der Waals surface area contributed by atoms with Crippen molar-refractivity contribution in [2.24, 2.45) is 0 Å². The average Bonchev–Trinajstić information content (AvgIpc) is 2.85. The maximum atomic E-state index is 13.1. The SMILES string of the molecule is BN1CCOc2cc(-c3cnc(N)c(C(=O)Nc4cnccc4N4CCOCC4)n3)ccc21. The van der Waals surface area contributed by atoms with Gasteiger partial charge in [0.25, 0.3) is 5.91 Å². The molecule has 0 spiro atoms. The molecule has 3 N–H and O–H groups in total. The van der Waals surface area contributed by atoms with Crippen molar-refractivity contribution in [3.63, 3.8) is 0 Å². The Labute approximate surface area is 192 Å².